The molecule has 0 unspecified atom stereocenters. The maximum atomic E-state index is 14.0. The summed E-state index contributed by atoms with van der Waals surface area (Å²) in [5, 5.41) is 2.72. The molecule has 1 saturated carbocycles. The van der Waals surface area contributed by atoms with Crippen molar-refractivity contribution in [2.75, 3.05) is 6.61 Å². The van der Waals surface area contributed by atoms with E-state index in [0.29, 0.717) is 18.9 Å². The van der Waals surface area contributed by atoms with Gasteiger partial charge in [0, 0.05) is 31.0 Å². The molecule has 2 fully saturated rings. The number of ether oxygens (including phenoxy) is 1. The Balaban J connectivity index is 1.59. The van der Waals surface area contributed by atoms with Crippen LogP contribution in [0.3, 0.4) is 0 Å². The van der Waals surface area contributed by atoms with E-state index in [1.807, 2.05) is 13.8 Å². The monoisotopic (exact) mass is 422 g/mol. The molecular weight excluding hydrogens is 394 g/mol. The van der Waals surface area contributed by atoms with Gasteiger partial charge >= 0.3 is 5.97 Å². The van der Waals surface area contributed by atoms with Crippen molar-refractivity contribution in [3.05, 3.63) is 35.4 Å². The highest BCUT2D eigenvalue weighted by Gasteiger charge is 2.35. The second kappa shape index (κ2) is 9.53. The summed E-state index contributed by atoms with van der Waals surface area (Å²) < 4.78 is 32.8. The second-order valence-corrected chi connectivity index (χ2v) is 8.49. The smallest absolute Gasteiger partial charge is 0.328 e. The van der Waals surface area contributed by atoms with Crippen molar-refractivity contribution in [1.82, 2.24) is 10.2 Å². The molecule has 1 heterocycles. The zero-order valence-corrected chi connectivity index (χ0v) is 17.3. The van der Waals surface area contributed by atoms with Gasteiger partial charge in [-0.3, -0.25) is 9.59 Å². The lowest BCUT2D eigenvalue weighted by Gasteiger charge is -2.26. The molecule has 2 aliphatic rings. The highest BCUT2D eigenvalue weighted by molar-refractivity contribution is 5.86. The van der Waals surface area contributed by atoms with Crippen LogP contribution in [0.1, 0.15) is 51.5 Å². The topological polar surface area (TPSA) is 75.7 Å². The van der Waals surface area contributed by atoms with E-state index in [1.165, 1.54) is 17.0 Å². The van der Waals surface area contributed by atoms with Crippen molar-refractivity contribution in [3.8, 4) is 0 Å². The summed E-state index contributed by atoms with van der Waals surface area (Å²) in [5.74, 6) is -2.72. The number of rotatable bonds is 9. The van der Waals surface area contributed by atoms with Crippen molar-refractivity contribution in [2.45, 2.75) is 64.6 Å². The summed E-state index contributed by atoms with van der Waals surface area (Å²) in [5.41, 5.74) is 0.0689. The fraction of sp³-hybridized carbons (Fsp3) is 0.591. The highest BCUT2D eigenvalue weighted by atomic mass is 19.2. The number of hydrogen-bond acceptors (Lipinski definition) is 4. The molecule has 1 aliphatic carbocycles. The molecule has 6 nitrogen and oxygen atoms in total. The second-order valence-electron chi connectivity index (χ2n) is 8.49. The minimum Gasteiger partial charge on any atom is -0.464 e. The molecule has 0 spiro atoms. The van der Waals surface area contributed by atoms with Crippen molar-refractivity contribution < 1.29 is 27.9 Å². The Morgan fingerprint density at radius 2 is 1.97 bits per heavy atom. The predicted molar refractivity (Wildman–Crippen MR) is 105 cm³/mol. The van der Waals surface area contributed by atoms with Crippen LogP contribution in [0.4, 0.5) is 8.78 Å². The van der Waals surface area contributed by atoms with E-state index in [4.69, 9.17) is 4.74 Å². The van der Waals surface area contributed by atoms with Gasteiger partial charge in [-0.1, -0.05) is 26.0 Å². The van der Waals surface area contributed by atoms with E-state index in [1.54, 1.807) is 0 Å². The lowest BCUT2D eigenvalue weighted by Crippen LogP contribution is -2.47. The number of esters is 1. The number of likely N-dealkylation sites (tertiary alicyclic amines) is 1. The van der Waals surface area contributed by atoms with E-state index in [0.717, 1.165) is 18.9 Å². The molecule has 0 radical (unpaired) electrons. The van der Waals surface area contributed by atoms with Gasteiger partial charge in [-0.2, -0.15) is 0 Å². The SMILES string of the molecule is CC(C)[C@H](NC(=O)C[C@@H]1CCC(=O)N1Cc1cccc(F)c1F)C(=O)OCC1CC1. The average Bonchev–Trinajstić information content (AvgIpc) is 3.47. The van der Waals surface area contributed by atoms with Crippen molar-refractivity contribution >= 4 is 17.8 Å². The molecule has 1 saturated heterocycles. The molecule has 1 aliphatic heterocycles. The van der Waals surface area contributed by atoms with Crippen LogP contribution in [-0.4, -0.2) is 41.4 Å². The third-order valence-electron chi connectivity index (χ3n) is 5.64. The Hall–Kier alpha value is -2.51. The maximum absolute atomic E-state index is 14.0. The Kier molecular flexibility index (Phi) is 7.05. The minimum absolute atomic E-state index is 0.0121. The summed E-state index contributed by atoms with van der Waals surface area (Å²) in [7, 11) is 0. The predicted octanol–water partition coefficient (Wildman–Crippen LogP) is 2.94. The molecule has 1 N–H and O–H groups in total. The van der Waals surface area contributed by atoms with E-state index < -0.39 is 29.7 Å². The number of halogens is 2. The number of nitrogens with zero attached hydrogens (tertiary/aromatic N) is 1. The normalized spacial score (nSPS) is 19.8. The van der Waals surface area contributed by atoms with Gasteiger partial charge in [-0.15, -0.1) is 0 Å². The molecule has 2 atom stereocenters. The van der Waals surface area contributed by atoms with Gasteiger partial charge in [-0.25, -0.2) is 13.6 Å². The summed E-state index contributed by atoms with van der Waals surface area (Å²) in [6.45, 7) is 3.92. The van der Waals surface area contributed by atoms with Gasteiger partial charge in [0.15, 0.2) is 11.6 Å². The van der Waals surface area contributed by atoms with E-state index in [-0.39, 0.29) is 42.7 Å². The van der Waals surface area contributed by atoms with Gasteiger partial charge in [-0.05, 0) is 37.2 Å². The van der Waals surface area contributed by atoms with Crippen LogP contribution in [0.25, 0.3) is 0 Å². The summed E-state index contributed by atoms with van der Waals surface area (Å²) in [4.78, 5) is 38.6. The zero-order valence-electron chi connectivity index (χ0n) is 17.3. The molecule has 1 aromatic rings. The van der Waals surface area contributed by atoms with Crippen LogP contribution in [0.2, 0.25) is 0 Å². The third-order valence-corrected chi connectivity index (χ3v) is 5.64. The van der Waals surface area contributed by atoms with Crippen LogP contribution in [0, 0.1) is 23.5 Å². The minimum atomic E-state index is -0.987. The van der Waals surface area contributed by atoms with E-state index in [9.17, 15) is 23.2 Å². The zero-order chi connectivity index (χ0) is 21.8. The standard InChI is InChI=1S/C22H28F2N2O4/c1-13(2)21(22(29)30-12-14-6-7-14)25-18(27)10-16-8-9-19(28)26(16)11-15-4-3-5-17(23)20(15)24/h3-5,13-14,16,21H,6-12H2,1-2H3,(H,25,27)/t16-,21-/m0/s1. The lowest BCUT2D eigenvalue weighted by molar-refractivity contribution is -0.150. The Bertz CT molecular complexity index is 810. The first-order chi connectivity index (χ1) is 14.3. The Morgan fingerprint density at radius 3 is 2.63 bits per heavy atom. The van der Waals surface area contributed by atoms with Crippen molar-refractivity contribution in [2.24, 2.45) is 11.8 Å². The molecule has 2 amide bonds. The first-order valence-electron chi connectivity index (χ1n) is 10.4. The van der Waals surface area contributed by atoms with E-state index in [2.05, 4.69) is 5.32 Å². The largest absolute Gasteiger partial charge is 0.464 e. The summed E-state index contributed by atoms with van der Waals surface area (Å²) in [6, 6.07) is 2.63. The van der Waals surface area contributed by atoms with Crippen LogP contribution in [0.5, 0.6) is 0 Å². The molecule has 164 valence electrons. The number of carbonyl (C=O) groups is 3. The quantitative estimate of drug-likeness (QED) is 0.621. The highest BCUT2D eigenvalue weighted by Crippen LogP contribution is 2.29. The summed E-state index contributed by atoms with van der Waals surface area (Å²) in [6.07, 6.45) is 2.79. The molecule has 0 bridgehead atoms. The number of hydrogen-bond donors (Lipinski definition) is 1. The van der Waals surface area contributed by atoms with Gasteiger partial charge < -0.3 is 15.0 Å². The molecular formula is C22H28F2N2O4. The average molecular weight is 422 g/mol. The first-order valence-corrected chi connectivity index (χ1v) is 10.4. The Labute approximate surface area is 174 Å². The van der Waals surface area contributed by atoms with Crippen LogP contribution in [-0.2, 0) is 25.7 Å². The number of amides is 2. The third kappa shape index (κ3) is 5.55. The number of nitrogens with one attached hydrogen (secondary N) is 1. The van der Waals surface area contributed by atoms with Gasteiger partial charge in [0.25, 0.3) is 0 Å². The van der Waals surface area contributed by atoms with Crippen LogP contribution < -0.4 is 5.32 Å². The first kappa shape index (κ1) is 22.2. The van der Waals surface area contributed by atoms with Crippen molar-refractivity contribution in [1.29, 1.82) is 0 Å². The van der Waals surface area contributed by atoms with Crippen LogP contribution >= 0.6 is 0 Å². The molecule has 8 heteroatoms. The molecule has 3 rings (SSSR count). The molecule has 30 heavy (non-hydrogen) atoms. The van der Waals surface area contributed by atoms with Crippen LogP contribution in [0.15, 0.2) is 18.2 Å². The summed E-state index contributed by atoms with van der Waals surface area (Å²) >= 11 is 0. The van der Waals surface area contributed by atoms with Crippen molar-refractivity contribution in [3.63, 3.8) is 0 Å². The fourth-order valence-corrected chi connectivity index (χ4v) is 3.60. The Morgan fingerprint density at radius 1 is 1.23 bits per heavy atom. The number of carbonyl (C=O) groups excluding carboxylic acids is 3. The fourth-order valence-electron chi connectivity index (χ4n) is 3.60. The number of benzene rings is 1. The van der Waals surface area contributed by atoms with Gasteiger partial charge in [0.1, 0.15) is 6.04 Å². The lowest BCUT2D eigenvalue weighted by atomic mass is 10.0. The van der Waals surface area contributed by atoms with E-state index >= 15 is 0 Å². The molecule has 1 aromatic carbocycles. The molecule has 0 aromatic heterocycles. The maximum Gasteiger partial charge on any atom is 0.328 e. The van der Waals surface area contributed by atoms with Gasteiger partial charge in [0.05, 0.1) is 6.61 Å². The van der Waals surface area contributed by atoms with Gasteiger partial charge in [0.2, 0.25) is 11.8 Å².